The molecule has 0 saturated heterocycles. The SMILES string of the molecule is OCc1nccc(-c2ccc3c(c2)CCCO3)n1. The van der Waals surface area contributed by atoms with Crippen LogP contribution in [-0.4, -0.2) is 21.7 Å². The van der Waals surface area contributed by atoms with Crippen molar-refractivity contribution in [2.75, 3.05) is 6.61 Å². The number of aliphatic hydroxyl groups excluding tert-OH is 1. The molecule has 1 aromatic carbocycles. The van der Waals surface area contributed by atoms with E-state index in [1.807, 2.05) is 18.2 Å². The van der Waals surface area contributed by atoms with E-state index in [0.29, 0.717) is 5.82 Å². The zero-order valence-corrected chi connectivity index (χ0v) is 9.97. The Morgan fingerprint density at radius 3 is 3.11 bits per heavy atom. The van der Waals surface area contributed by atoms with Crippen molar-refractivity contribution in [3.05, 3.63) is 41.9 Å². The first-order valence-corrected chi connectivity index (χ1v) is 6.06. The summed E-state index contributed by atoms with van der Waals surface area (Å²) in [6, 6.07) is 7.95. The van der Waals surface area contributed by atoms with Gasteiger partial charge in [0.2, 0.25) is 0 Å². The van der Waals surface area contributed by atoms with E-state index in [9.17, 15) is 0 Å². The van der Waals surface area contributed by atoms with Crippen LogP contribution in [0.25, 0.3) is 11.3 Å². The maximum Gasteiger partial charge on any atom is 0.154 e. The summed E-state index contributed by atoms with van der Waals surface area (Å²) in [7, 11) is 0. The third kappa shape index (κ3) is 2.07. The summed E-state index contributed by atoms with van der Waals surface area (Å²) in [5.41, 5.74) is 3.10. The van der Waals surface area contributed by atoms with Gasteiger partial charge >= 0.3 is 0 Å². The predicted octanol–water partition coefficient (Wildman–Crippen LogP) is 1.96. The number of nitrogens with zero attached hydrogens (tertiary/aromatic N) is 2. The van der Waals surface area contributed by atoms with E-state index < -0.39 is 0 Å². The highest BCUT2D eigenvalue weighted by Crippen LogP contribution is 2.29. The van der Waals surface area contributed by atoms with Crippen LogP contribution in [0.1, 0.15) is 17.8 Å². The average Bonchev–Trinajstić information content (AvgIpc) is 2.47. The lowest BCUT2D eigenvalue weighted by atomic mass is 10.0. The van der Waals surface area contributed by atoms with Gasteiger partial charge in [0.05, 0.1) is 12.3 Å². The largest absolute Gasteiger partial charge is 0.493 e. The molecule has 1 aliphatic rings. The van der Waals surface area contributed by atoms with Gasteiger partial charge in [0.25, 0.3) is 0 Å². The molecule has 18 heavy (non-hydrogen) atoms. The van der Waals surface area contributed by atoms with Gasteiger partial charge in [-0.3, -0.25) is 0 Å². The fourth-order valence-electron chi connectivity index (χ4n) is 2.16. The minimum atomic E-state index is -0.137. The monoisotopic (exact) mass is 242 g/mol. The van der Waals surface area contributed by atoms with Crippen LogP contribution in [0.3, 0.4) is 0 Å². The number of rotatable bonds is 2. The zero-order valence-electron chi connectivity index (χ0n) is 9.97. The summed E-state index contributed by atoms with van der Waals surface area (Å²) >= 11 is 0. The highest BCUT2D eigenvalue weighted by molar-refractivity contribution is 5.62. The Morgan fingerprint density at radius 1 is 1.28 bits per heavy atom. The van der Waals surface area contributed by atoms with Crippen molar-refractivity contribution in [3.8, 4) is 17.0 Å². The van der Waals surface area contributed by atoms with E-state index in [1.165, 1.54) is 5.56 Å². The fourth-order valence-corrected chi connectivity index (χ4v) is 2.16. The Labute approximate surface area is 105 Å². The molecule has 0 spiro atoms. The first kappa shape index (κ1) is 11.2. The molecule has 0 unspecified atom stereocenters. The molecule has 0 atom stereocenters. The molecule has 3 rings (SSSR count). The minimum absolute atomic E-state index is 0.137. The number of fused-ring (bicyclic) bond motifs is 1. The predicted molar refractivity (Wildman–Crippen MR) is 67.2 cm³/mol. The van der Waals surface area contributed by atoms with Crippen molar-refractivity contribution >= 4 is 0 Å². The molecule has 1 aromatic heterocycles. The molecule has 0 bridgehead atoms. The summed E-state index contributed by atoms with van der Waals surface area (Å²) in [6.07, 6.45) is 3.77. The Bertz CT molecular complexity index is 569. The summed E-state index contributed by atoms with van der Waals surface area (Å²) in [4.78, 5) is 8.29. The van der Waals surface area contributed by atoms with Crippen LogP contribution >= 0.6 is 0 Å². The molecule has 0 fully saturated rings. The van der Waals surface area contributed by atoms with Crippen molar-refractivity contribution < 1.29 is 9.84 Å². The van der Waals surface area contributed by atoms with E-state index in [4.69, 9.17) is 9.84 Å². The van der Waals surface area contributed by atoms with E-state index in [-0.39, 0.29) is 6.61 Å². The van der Waals surface area contributed by atoms with Crippen molar-refractivity contribution in [3.63, 3.8) is 0 Å². The Balaban J connectivity index is 2.00. The Hall–Kier alpha value is -1.94. The quantitative estimate of drug-likeness (QED) is 0.874. The van der Waals surface area contributed by atoms with Crippen LogP contribution < -0.4 is 4.74 Å². The second-order valence-electron chi connectivity index (χ2n) is 4.29. The van der Waals surface area contributed by atoms with Crippen molar-refractivity contribution in [1.82, 2.24) is 9.97 Å². The molecule has 0 radical (unpaired) electrons. The second kappa shape index (κ2) is 4.74. The van der Waals surface area contributed by atoms with E-state index in [0.717, 1.165) is 36.5 Å². The molecule has 1 N–H and O–H groups in total. The van der Waals surface area contributed by atoms with Gasteiger partial charge in [-0.25, -0.2) is 9.97 Å². The molecule has 1 aliphatic heterocycles. The van der Waals surface area contributed by atoms with E-state index in [1.54, 1.807) is 6.20 Å². The van der Waals surface area contributed by atoms with Gasteiger partial charge in [0.1, 0.15) is 12.4 Å². The molecular formula is C14H14N2O2. The maximum atomic E-state index is 9.06. The number of aromatic nitrogens is 2. The average molecular weight is 242 g/mol. The van der Waals surface area contributed by atoms with Crippen molar-refractivity contribution in [2.24, 2.45) is 0 Å². The molecule has 0 aliphatic carbocycles. The topological polar surface area (TPSA) is 55.2 Å². The van der Waals surface area contributed by atoms with E-state index >= 15 is 0 Å². The van der Waals surface area contributed by atoms with Gasteiger partial charge < -0.3 is 9.84 Å². The second-order valence-corrected chi connectivity index (χ2v) is 4.29. The summed E-state index contributed by atoms with van der Waals surface area (Å²) in [5, 5.41) is 9.06. The van der Waals surface area contributed by atoms with Gasteiger partial charge in [-0.1, -0.05) is 0 Å². The highest BCUT2D eigenvalue weighted by Gasteiger charge is 2.11. The number of aryl methyl sites for hydroxylation is 1. The first-order chi connectivity index (χ1) is 8.86. The normalized spacial score (nSPS) is 13.8. The lowest BCUT2D eigenvalue weighted by Gasteiger charge is -2.17. The molecule has 92 valence electrons. The number of ether oxygens (including phenoxy) is 1. The third-order valence-corrected chi connectivity index (χ3v) is 3.05. The lowest BCUT2D eigenvalue weighted by molar-refractivity contribution is 0.271. The number of hydrogen-bond donors (Lipinski definition) is 1. The van der Waals surface area contributed by atoms with Crippen LogP contribution in [0.5, 0.6) is 5.75 Å². The molecule has 2 heterocycles. The zero-order chi connectivity index (χ0) is 12.4. The molecular weight excluding hydrogens is 228 g/mol. The Kier molecular flexibility index (Phi) is 2.94. The van der Waals surface area contributed by atoms with Crippen LogP contribution in [0.4, 0.5) is 0 Å². The maximum absolute atomic E-state index is 9.06. The van der Waals surface area contributed by atoms with Gasteiger partial charge in [-0.2, -0.15) is 0 Å². The fraction of sp³-hybridized carbons (Fsp3) is 0.286. The smallest absolute Gasteiger partial charge is 0.154 e. The molecule has 4 nitrogen and oxygen atoms in total. The van der Waals surface area contributed by atoms with Gasteiger partial charge in [-0.15, -0.1) is 0 Å². The van der Waals surface area contributed by atoms with Crippen molar-refractivity contribution in [2.45, 2.75) is 19.4 Å². The number of hydrogen-bond acceptors (Lipinski definition) is 4. The third-order valence-electron chi connectivity index (χ3n) is 3.05. The van der Waals surface area contributed by atoms with Crippen LogP contribution in [0, 0.1) is 0 Å². The van der Waals surface area contributed by atoms with Gasteiger partial charge in [-0.05, 0) is 42.7 Å². The molecule has 0 saturated carbocycles. The standard InChI is InChI=1S/C14H14N2O2/c17-9-14-15-6-5-12(16-14)10-3-4-13-11(8-10)2-1-7-18-13/h3-6,8,17H,1-2,7,9H2. The van der Waals surface area contributed by atoms with Gasteiger partial charge in [0.15, 0.2) is 5.82 Å². The lowest BCUT2D eigenvalue weighted by Crippen LogP contribution is -2.08. The first-order valence-electron chi connectivity index (χ1n) is 6.06. The summed E-state index contributed by atoms with van der Waals surface area (Å²) < 4.78 is 5.59. The summed E-state index contributed by atoms with van der Waals surface area (Å²) in [5.74, 6) is 1.42. The molecule has 0 amide bonds. The molecule has 2 aromatic rings. The molecule has 4 heteroatoms. The van der Waals surface area contributed by atoms with E-state index in [2.05, 4.69) is 16.0 Å². The minimum Gasteiger partial charge on any atom is -0.493 e. The summed E-state index contributed by atoms with van der Waals surface area (Å²) in [6.45, 7) is 0.663. The number of aliphatic hydroxyl groups is 1. The van der Waals surface area contributed by atoms with Crippen LogP contribution in [-0.2, 0) is 13.0 Å². The number of benzene rings is 1. The van der Waals surface area contributed by atoms with Crippen LogP contribution in [0.15, 0.2) is 30.5 Å². The Morgan fingerprint density at radius 2 is 2.22 bits per heavy atom. The van der Waals surface area contributed by atoms with Crippen molar-refractivity contribution in [1.29, 1.82) is 0 Å². The highest BCUT2D eigenvalue weighted by atomic mass is 16.5. The van der Waals surface area contributed by atoms with Crippen LogP contribution in [0.2, 0.25) is 0 Å². The van der Waals surface area contributed by atoms with Gasteiger partial charge in [0, 0.05) is 11.8 Å².